The van der Waals surface area contributed by atoms with Crippen molar-refractivity contribution in [3.63, 3.8) is 0 Å². The molecule has 6 nitrogen and oxygen atoms in total. The predicted octanol–water partition coefficient (Wildman–Crippen LogP) is 19.5. The molecule has 0 rings (SSSR count). The molecule has 1 atom stereocenters. The van der Waals surface area contributed by atoms with Gasteiger partial charge in [0.05, 0.1) is 0 Å². The van der Waals surface area contributed by atoms with Gasteiger partial charge in [-0.3, -0.25) is 14.4 Å². The summed E-state index contributed by atoms with van der Waals surface area (Å²) in [4.78, 5) is 38.1. The Morgan fingerprint density at radius 2 is 0.580 bits per heavy atom. The number of esters is 3. The Labute approximate surface area is 426 Å². The van der Waals surface area contributed by atoms with Crippen molar-refractivity contribution in [3.05, 3.63) is 85.1 Å². The minimum atomic E-state index is -0.803. The molecule has 0 amide bonds. The Hall–Kier alpha value is -3.41. The Morgan fingerprint density at radius 1 is 0.304 bits per heavy atom. The van der Waals surface area contributed by atoms with Gasteiger partial charge < -0.3 is 14.2 Å². The predicted molar refractivity (Wildman–Crippen MR) is 297 cm³/mol. The monoisotopic (exact) mass is 961 g/mol. The van der Waals surface area contributed by atoms with Crippen LogP contribution in [0, 0.1) is 0 Å². The van der Waals surface area contributed by atoms with Gasteiger partial charge in [0.25, 0.3) is 0 Å². The van der Waals surface area contributed by atoms with Crippen molar-refractivity contribution in [3.8, 4) is 0 Å². The van der Waals surface area contributed by atoms with Crippen LogP contribution in [0.5, 0.6) is 0 Å². The van der Waals surface area contributed by atoms with Gasteiger partial charge in [0.1, 0.15) is 13.2 Å². The van der Waals surface area contributed by atoms with Gasteiger partial charge in [0.2, 0.25) is 0 Å². The molecule has 0 aliphatic carbocycles. The third kappa shape index (κ3) is 55.4. The summed E-state index contributed by atoms with van der Waals surface area (Å²) in [5, 5.41) is 0. The highest BCUT2D eigenvalue weighted by Gasteiger charge is 2.19. The van der Waals surface area contributed by atoms with Crippen molar-refractivity contribution in [1.82, 2.24) is 0 Å². The zero-order valence-electron chi connectivity index (χ0n) is 45.3. The van der Waals surface area contributed by atoms with Crippen LogP contribution in [0.3, 0.4) is 0 Å². The standard InChI is InChI=1S/C63H108O6/c1-4-7-10-13-16-19-22-25-27-29-30-31-32-34-36-39-42-45-48-51-54-57-63(66)69-60(58-67-61(64)55-52-49-46-43-40-37-24-21-18-15-12-9-6-3)59-68-62(65)56-53-50-47-44-41-38-35-33-28-26-23-20-17-14-11-8-5-2/h8,11,17,20-21,24-28,35,38,44,47,60H,4-7,9-10,12-16,18-19,22-23,29-34,36-37,39-43,45-46,48-59H2,1-3H3/b11-8-,20-17-,24-21-,27-25-,28-26-,38-35-,47-44-/t60-/m0/s1. The average Bonchev–Trinajstić information content (AvgIpc) is 3.35. The average molecular weight is 962 g/mol. The normalized spacial score (nSPS) is 12.7. The first-order valence-electron chi connectivity index (χ1n) is 29.1. The van der Waals surface area contributed by atoms with Crippen molar-refractivity contribution >= 4 is 17.9 Å². The van der Waals surface area contributed by atoms with Crippen LogP contribution < -0.4 is 0 Å². The van der Waals surface area contributed by atoms with Gasteiger partial charge in [-0.1, -0.05) is 234 Å². The Balaban J connectivity index is 4.43. The summed E-state index contributed by atoms with van der Waals surface area (Å²) in [5.74, 6) is -0.962. The van der Waals surface area contributed by atoms with Gasteiger partial charge in [-0.15, -0.1) is 0 Å². The van der Waals surface area contributed by atoms with Gasteiger partial charge in [-0.25, -0.2) is 0 Å². The van der Waals surface area contributed by atoms with Crippen molar-refractivity contribution in [2.24, 2.45) is 0 Å². The Bertz CT molecular complexity index is 1330. The van der Waals surface area contributed by atoms with E-state index in [1.54, 1.807) is 0 Å². The lowest BCUT2D eigenvalue weighted by Gasteiger charge is -2.18. The first-order chi connectivity index (χ1) is 34.0. The van der Waals surface area contributed by atoms with Crippen LogP contribution in [0.2, 0.25) is 0 Å². The number of carbonyl (C=O) groups excluding carboxylic acids is 3. The summed E-state index contributed by atoms with van der Waals surface area (Å²) < 4.78 is 16.8. The molecule has 0 aromatic rings. The maximum Gasteiger partial charge on any atom is 0.306 e. The molecule has 396 valence electrons. The number of allylic oxidation sites excluding steroid dienone is 14. The molecule has 0 aromatic carbocycles. The van der Waals surface area contributed by atoms with E-state index in [1.807, 2.05) is 0 Å². The molecule has 0 N–H and O–H groups in total. The van der Waals surface area contributed by atoms with E-state index in [2.05, 4.69) is 106 Å². The van der Waals surface area contributed by atoms with E-state index >= 15 is 0 Å². The fraction of sp³-hybridized carbons (Fsp3) is 0.730. The molecular weight excluding hydrogens is 853 g/mol. The van der Waals surface area contributed by atoms with Gasteiger partial charge in [0.15, 0.2) is 6.10 Å². The molecule has 0 aliphatic rings. The molecular formula is C63H108O6. The number of hydrogen-bond donors (Lipinski definition) is 0. The fourth-order valence-electron chi connectivity index (χ4n) is 8.00. The number of rotatable bonds is 52. The highest BCUT2D eigenvalue weighted by atomic mass is 16.6. The minimum absolute atomic E-state index is 0.0982. The highest BCUT2D eigenvalue weighted by molar-refractivity contribution is 5.71. The van der Waals surface area contributed by atoms with E-state index in [1.165, 1.54) is 148 Å². The molecule has 0 fully saturated rings. The first-order valence-corrected chi connectivity index (χ1v) is 29.1. The molecule has 0 spiro atoms. The second-order valence-electron chi connectivity index (χ2n) is 19.2. The SMILES string of the molecule is CC/C=C\C/C=C\C/C=C\C/C=C\C/C=C\CCCC(=O)OC[C@H](COC(=O)CCCCCCC/C=C\CCCCCC)OC(=O)CCCCCCCCCCCCC/C=C\CCCCCCCC. The fourth-order valence-corrected chi connectivity index (χ4v) is 8.00. The summed E-state index contributed by atoms with van der Waals surface area (Å²) in [6.45, 7) is 6.47. The molecule has 0 unspecified atom stereocenters. The maximum atomic E-state index is 12.9. The second-order valence-corrected chi connectivity index (χ2v) is 19.2. The number of ether oxygens (including phenoxy) is 3. The summed E-state index contributed by atoms with van der Waals surface area (Å²) in [5.41, 5.74) is 0. The lowest BCUT2D eigenvalue weighted by molar-refractivity contribution is -0.167. The third-order valence-corrected chi connectivity index (χ3v) is 12.4. The molecule has 0 bridgehead atoms. The zero-order valence-corrected chi connectivity index (χ0v) is 45.3. The van der Waals surface area contributed by atoms with Crippen LogP contribution in [0.1, 0.15) is 278 Å². The maximum absolute atomic E-state index is 12.9. The molecule has 0 aliphatic heterocycles. The van der Waals surface area contributed by atoms with E-state index in [9.17, 15) is 14.4 Å². The summed E-state index contributed by atoms with van der Waals surface area (Å²) in [7, 11) is 0. The number of hydrogen-bond acceptors (Lipinski definition) is 6. The van der Waals surface area contributed by atoms with Crippen molar-refractivity contribution in [2.45, 2.75) is 284 Å². The lowest BCUT2D eigenvalue weighted by Crippen LogP contribution is -2.30. The minimum Gasteiger partial charge on any atom is -0.462 e. The Morgan fingerprint density at radius 3 is 0.971 bits per heavy atom. The van der Waals surface area contributed by atoms with Crippen LogP contribution in [-0.2, 0) is 28.6 Å². The quantitative estimate of drug-likeness (QED) is 0.0262. The van der Waals surface area contributed by atoms with Crippen molar-refractivity contribution in [1.29, 1.82) is 0 Å². The summed E-state index contributed by atoms with van der Waals surface area (Å²) in [6, 6.07) is 0. The van der Waals surface area contributed by atoms with Crippen LogP contribution in [0.4, 0.5) is 0 Å². The van der Waals surface area contributed by atoms with E-state index in [0.29, 0.717) is 19.3 Å². The lowest BCUT2D eigenvalue weighted by atomic mass is 10.0. The molecule has 0 aromatic heterocycles. The zero-order chi connectivity index (χ0) is 50.0. The number of carbonyl (C=O) groups is 3. The topological polar surface area (TPSA) is 78.9 Å². The molecule has 0 saturated carbocycles. The van der Waals surface area contributed by atoms with Crippen LogP contribution >= 0.6 is 0 Å². The van der Waals surface area contributed by atoms with Gasteiger partial charge in [0, 0.05) is 19.3 Å². The van der Waals surface area contributed by atoms with E-state index in [-0.39, 0.29) is 37.5 Å². The smallest absolute Gasteiger partial charge is 0.306 e. The van der Waals surface area contributed by atoms with Crippen molar-refractivity contribution in [2.75, 3.05) is 13.2 Å². The Kier molecular flexibility index (Phi) is 54.3. The van der Waals surface area contributed by atoms with Crippen LogP contribution in [0.15, 0.2) is 85.1 Å². The number of unbranched alkanes of at least 4 members (excludes halogenated alkanes) is 27. The largest absolute Gasteiger partial charge is 0.462 e. The van der Waals surface area contributed by atoms with Gasteiger partial charge in [-0.2, -0.15) is 0 Å². The van der Waals surface area contributed by atoms with Crippen LogP contribution in [0.25, 0.3) is 0 Å². The van der Waals surface area contributed by atoms with Gasteiger partial charge in [-0.05, 0) is 109 Å². The summed E-state index contributed by atoms with van der Waals surface area (Å²) in [6.07, 6.45) is 74.4. The molecule has 6 heteroatoms. The highest BCUT2D eigenvalue weighted by Crippen LogP contribution is 2.15. The molecule has 69 heavy (non-hydrogen) atoms. The van der Waals surface area contributed by atoms with E-state index < -0.39 is 6.10 Å². The van der Waals surface area contributed by atoms with Crippen molar-refractivity contribution < 1.29 is 28.6 Å². The van der Waals surface area contributed by atoms with E-state index in [0.717, 1.165) is 83.5 Å². The molecule has 0 radical (unpaired) electrons. The molecule has 0 heterocycles. The molecule has 0 saturated heterocycles. The third-order valence-electron chi connectivity index (χ3n) is 12.4. The second kappa shape index (κ2) is 57.2. The first kappa shape index (κ1) is 65.6. The summed E-state index contributed by atoms with van der Waals surface area (Å²) >= 11 is 0. The van der Waals surface area contributed by atoms with Crippen LogP contribution in [-0.4, -0.2) is 37.2 Å². The van der Waals surface area contributed by atoms with E-state index in [4.69, 9.17) is 14.2 Å². The van der Waals surface area contributed by atoms with Gasteiger partial charge >= 0.3 is 17.9 Å².